The lowest BCUT2D eigenvalue weighted by molar-refractivity contribution is -0.384. The predicted molar refractivity (Wildman–Crippen MR) is 125 cm³/mol. The van der Waals surface area contributed by atoms with Crippen LogP contribution in [0.2, 0.25) is 0 Å². The molecule has 0 aromatic heterocycles. The van der Waals surface area contributed by atoms with Crippen molar-refractivity contribution in [1.82, 2.24) is 4.72 Å². The van der Waals surface area contributed by atoms with E-state index in [1.54, 1.807) is 6.92 Å². The third-order valence-electron chi connectivity index (χ3n) is 5.76. The number of aryl methyl sites for hydroxylation is 1. The molecule has 0 saturated carbocycles. The van der Waals surface area contributed by atoms with Gasteiger partial charge in [0.2, 0.25) is 10.0 Å². The summed E-state index contributed by atoms with van der Waals surface area (Å²) in [6, 6.07) is 9.84. The van der Waals surface area contributed by atoms with E-state index in [1.807, 2.05) is 11.0 Å². The quantitative estimate of drug-likeness (QED) is 0.475. The third-order valence-corrected chi connectivity index (χ3v) is 7.35. The van der Waals surface area contributed by atoms with Crippen molar-refractivity contribution in [2.45, 2.75) is 31.7 Å². The molecule has 1 aliphatic heterocycles. The summed E-state index contributed by atoms with van der Waals surface area (Å²) in [5, 5.41) is 11.8. The first-order valence-corrected chi connectivity index (χ1v) is 12.0. The summed E-state index contributed by atoms with van der Waals surface area (Å²) in [5.74, 6) is 0. The van der Waals surface area contributed by atoms with E-state index in [4.69, 9.17) is 4.74 Å². The summed E-state index contributed by atoms with van der Waals surface area (Å²) in [5.41, 5.74) is 3.85. The molecule has 0 aliphatic carbocycles. The number of sulfonamides is 1. The second kappa shape index (κ2) is 9.85. The van der Waals surface area contributed by atoms with Crippen molar-refractivity contribution in [3.63, 3.8) is 0 Å². The maximum atomic E-state index is 12.6. The summed E-state index contributed by atoms with van der Waals surface area (Å²) < 4.78 is 32.7. The number of hydrogen-bond donors (Lipinski definition) is 1. The van der Waals surface area contributed by atoms with E-state index in [-0.39, 0.29) is 17.2 Å². The molecule has 1 N–H and O–H groups in total. The van der Waals surface area contributed by atoms with Crippen molar-refractivity contribution in [2.24, 2.45) is 0 Å². The predicted octanol–water partition coefficient (Wildman–Crippen LogP) is 2.85. The molecular formula is C22H30N4O5S. The minimum absolute atomic E-state index is 0.134. The molecule has 0 amide bonds. The van der Waals surface area contributed by atoms with Crippen molar-refractivity contribution in [3.05, 3.63) is 57.6 Å². The molecule has 9 nitrogen and oxygen atoms in total. The number of methoxy groups -OCH3 is 1. The number of piperazine rings is 1. The zero-order valence-electron chi connectivity index (χ0n) is 18.9. The van der Waals surface area contributed by atoms with Gasteiger partial charge < -0.3 is 14.5 Å². The highest BCUT2D eigenvalue weighted by molar-refractivity contribution is 7.89. The lowest BCUT2D eigenvalue weighted by atomic mass is 10.1. The molecule has 0 spiro atoms. The zero-order chi connectivity index (χ0) is 23.5. The van der Waals surface area contributed by atoms with Gasteiger partial charge in [-0.1, -0.05) is 12.1 Å². The molecule has 0 unspecified atom stereocenters. The first-order chi connectivity index (χ1) is 15.1. The van der Waals surface area contributed by atoms with Crippen LogP contribution >= 0.6 is 0 Å². The molecule has 2 aromatic rings. The monoisotopic (exact) mass is 462 g/mol. The highest BCUT2D eigenvalue weighted by Gasteiger charge is 2.27. The van der Waals surface area contributed by atoms with Crippen LogP contribution in [0, 0.1) is 24.0 Å². The van der Waals surface area contributed by atoms with Gasteiger partial charge in [-0.3, -0.25) is 10.1 Å². The molecule has 2 aromatic carbocycles. The van der Waals surface area contributed by atoms with Crippen LogP contribution in [-0.2, 0) is 14.8 Å². The van der Waals surface area contributed by atoms with E-state index in [1.165, 1.54) is 36.1 Å². The molecular weight excluding hydrogens is 432 g/mol. The molecule has 0 bridgehead atoms. The Morgan fingerprint density at radius 2 is 1.72 bits per heavy atom. The van der Waals surface area contributed by atoms with Crippen LogP contribution in [0.15, 0.2) is 41.3 Å². The van der Waals surface area contributed by atoms with E-state index in [2.05, 4.69) is 35.6 Å². The Morgan fingerprint density at radius 3 is 2.31 bits per heavy atom. The summed E-state index contributed by atoms with van der Waals surface area (Å²) in [4.78, 5) is 15.3. The number of ether oxygens (including phenoxy) is 1. The Hall–Kier alpha value is -2.69. The van der Waals surface area contributed by atoms with Crippen molar-refractivity contribution in [2.75, 3.05) is 49.7 Å². The number of nitro benzene ring substituents is 1. The highest BCUT2D eigenvalue weighted by Crippen LogP contribution is 2.32. The van der Waals surface area contributed by atoms with Gasteiger partial charge in [-0.15, -0.1) is 0 Å². The molecule has 1 aliphatic rings. The number of nitrogens with zero attached hydrogens (tertiary/aromatic N) is 3. The van der Waals surface area contributed by atoms with Gasteiger partial charge in [0.25, 0.3) is 5.69 Å². The molecule has 0 radical (unpaired) electrons. The molecule has 10 heteroatoms. The average molecular weight is 463 g/mol. The van der Waals surface area contributed by atoms with Gasteiger partial charge in [0.1, 0.15) is 5.69 Å². The van der Waals surface area contributed by atoms with E-state index in [0.29, 0.717) is 18.8 Å². The van der Waals surface area contributed by atoms with Gasteiger partial charge in [-0.25, -0.2) is 13.1 Å². The average Bonchev–Trinajstić information content (AvgIpc) is 2.75. The van der Waals surface area contributed by atoms with Gasteiger partial charge in [-0.2, -0.15) is 0 Å². The third kappa shape index (κ3) is 5.20. The Morgan fingerprint density at radius 1 is 1.09 bits per heavy atom. The molecule has 1 saturated heterocycles. The molecule has 174 valence electrons. The van der Waals surface area contributed by atoms with E-state index in [9.17, 15) is 18.5 Å². The van der Waals surface area contributed by atoms with Crippen LogP contribution in [-0.4, -0.2) is 59.3 Å². The minimum Gasteiger partial charge on any atom is -0.383 e. The summed E-state index contributed by atoms with van der Waals surface area (Å²) in [6.07, 6.45) is 0. The summed E-state index contributed by atoms with van der Waals surface area (Å²) in [6.45, 7) is 8.69. The number of benzene rings is 2. The number of nitrogens with one attached hydrogen (secondary N) is 1. The van der Waals surface area contributed by atoms with Gasteiger partial charge >= 0.3 is 0 Å². The Kier molecular flexibility index (Phi) is 7.37. The van der Waals surface area contributed by atoms with Crippen molar-refractivity contribution >= 4 is 27.1 Å². The van der Waals surface area contributed by atoms with Gasteiger partial charge in [-0.05, 0) is 50.1 Å². The van der Waals surface area contributed by atoms with Gasteiger partial charge in [0.05, 0.1) is 16.4 Å². The lowest BCUT2D eigenvalue weighted by Gasteiger charge is -2.38. The molecule has 32 heavy (non-hydrogen) atoms. The van der Waals surface area contributed by atoms with E-state index in [0.717, 1.165) is 19.2 Å². The number of nitro groups is 1. The Bertz CT molecular complexity index is 1080. The number of anilines is 2. The summed E-state index contributed by atoms with van der Waals surface area (Å²) in [7, 11) is -2.42. The van der Waals surface area contributed by atoms with E-state index < -0.39 is 21.0 Å². The van der Waals surface area contributed by atoms with Crippen molar-refractivity contribution in [1.29, 1.82) is 0 Å². The second-order valence-corrected chi connectivity index (χ2v) is 9.79. The van der Waals surface area contributed by atoms with Crippen molar-refractivity contribution < 1.29 is 18.1 Å². The van der Waals surface area contributed by atoms with Crippen LogP contribution in [0.25, 0.3) is 0 Å². The van der Waals surface area contributed by atoms with Crippen LogP contribution in [0.5, 0.6) is 0 Å². The maximum Gasteiger partial charge on any atom is 0.293 e. The van der Waals surface area contributed by atoms with Crippen LogP contribution < -0.4 is 14.5 Å². The topological polar surface area (TPSA) is 105 Å². The van der Waals surface area contributed by atoms with Crippen LogP contribution in [0.3, 0.4) is 0 Å². The smallest absolute Gasteiger partial charge is 0.293 e. The minimum atomic E-state index is -3.90. The maximum absolute atomic E-state index is 12.6. The van der Waals surface area contributed by atoms with Gasteiger partial charge in [0, 0.05) is 51.1 Å². The first kappa shape index (κ1) is 24.0. The van der Waals surface area contributed by atoms with E-state index >= 15 is 0 Å². The van der Waals surface area contributed by atoms with Crippen LogP contribution in [0.1, 0.15) is 18.1 Å². The molecule has 1 heterocycles. The SMILES string of the molecule is COC[C@@H](C)NS(=O)(=O)c1ccc(N2CCN(c3cccc(C)c3C)CC2)c([N+](=O)[O-])c1. The Balaban J connectivity index is 1.80. The lowest BCUT2D eigenvalue weighted by Crippen LogP contribution is -2.47. The normalized spacial score (nSPS) is 15.6. The van der Waals surface area contributed by atoms with Crippen LogP contribution in [0.4, 0.5) is 17.1 Å². The fourth-order valence-electron chi connectivity index (χ4n) is 3.97. The fraction of sp³-hybridized carbons (Fsp3) is 0.455. The molecule has 1 atom stereocenters. The second-order valence-electron chi connectivity index (χ2n) is 8.08. The fourth-order valence-corrected chi connectivity index (χ4v) is 5.22. The summed E-state index contributed by atoms with van der Waals surface area (Å²) >= 11 is 0. The molecule has 1 fully saturated rings. The van der Waals surface area contributed by atoms with Gasteiger partial charge in [0.15, 0.2) is 0 Å². The zero-order valence-corrected chi connectivity index (χ0v) is 19.7. The number of hydrogen-bond acceptors (Lipinski definition) is 7. The van der Waals surface area contributed by atoms with Crippen molar-refractivity contribution in [3.8, 4) is 0 Å². The Labute approximate surface area is 189 Å². The largest absolute Gasteiger partial charge is 0.383 e. The standard InChI is InChI=1S/C22H30N4O5S/c1-16-6-5-7-20(18(16)3)24-10-12-25(13-11-24)21-9-8-19(14-22(21)26(27)28)32(29,30)23-17(2)15-31-4/h5-9,14,17,23H,10-13,15H2,1-4H3/t17-/m1/s1. The number of rotatable bonds is 8. The molecule has 3 rings (SSSR count). The highest BCUT2D eigenvalue weighted by atomic mass is 32.2. The first-order valence-electron chi connectivity index (χ1n) is 10.5.